The SMILES string of the molecule is O=C(c1cnccn1)N1CCCN(CCc2ccccc2)c2ccccc21. The van der Waals surface area contributed by atoms with Crippen LogP contribution >= 0.6 is 0 Å². The van der Waals surface area contributed by atoms with Gasteiger partial charge >= 0.3 is 0 Å². The normalized spacial score (nSPS) is 13.8. The minimum Gasteiger partial charge on any atom is -0.369 e. The van der Waals surface area contributed by atoms with E-state index in [1.165, 1.54) is 11.8 Å². The Balaban J connectivity index is 1.59. The summed E-state index contributed by atoms with van der Waals surface area (Å²) in [7, 11) is 0. The maximum atomic E-state index is 13.0. The molecule has 3 aromatic rings. The lowest BCUT2D eigenvalue weighted by Crippen LogP contribution is -2.32. The summed E-state index contributed by atoms with van der Waals surface area (Å²) in [5.74, 6) is -0.0968. The van der Waals surface area contributed by atoms with E-state index in [0.29, 0.717) is 12.2 Å². The van der Waals surface area contributed by atoms with Crippen LogP contribution in [-0.4, -0.2) is 35.5 Å². The molecule has 0 N–H and O–H groups in total. The molecular formula is C22H22N4O. The molecule has 0 radical (unpaired) electrons. The molecule has 0 fully saturated rings. The van der Waals surface area contributed by atoms with Crippen LogP contribution in [0.5, 0.6) is 0 Å². The summed E-state index contributed by atoms with van der Waals surface area (Å²) < 4.78 is 0. The van der Waals surface area contributed by atoms with E-state index in [0.717, 1.165) is 37.3 Å². The third kappa shape index (κ3) is 3.82. The first-order valence-electron chi connectivity index (χ1n) is 9.29. The Morgan fingerprint density at radius 1 is 0.926 bits per heavy atom. The van der Waals surface area contributed by atoms with Crippen molar-refractivity contribution in [2.24, 2.45) is 0 Å². The quantitative estimate of drug-likeness (QED) is 0.715. The van der Waals surface area contributed by atoms with Gasteiger partial charge in [0, 0.05) is 32.0 Å². The third-order valence-corrected chi connectivity index (χ3v) is 4.86. The number of benzene rings is 2. The van der Waals surface area contributed by atoms with Crippen LogP contribution in [0.25, 0.3) is 0 Å². The predicted octanol–water partition coefficient (Wildman–Crippen LogP) is 3.58. The van der Waals surface area contributed by atoms with Crippen LogP contribution < -0.4 is 9.80 Å². The van der Waals surface area contributed by atoms with Crippen molar-refractivity contribution >= 4 is 17.3 Å². The molecule has 2 heterocycles. The summed E-state index contributed by atoms with van der Waals surface area (Å²) >= 11 is 0. The van der Waals surface area contributed by atoms with E-state index in [-0.39, 0.29) is 5.91 Å². The van der Waals surface area contributed by atoms with Crippen LogP contribution in [0.4, 0.5) is 11.4 Å². The van der Waals surface area contributed by atoms with Gasteiger partial charge in [-0.2, -0.15) is 0 Å². The van der Waals surface area contributed by atoms with Gasteiger partial charge < -0.3 is 9.80 Å². The number of anilines is 2. The fourth-order valence-electron chi connectivity index (χ4n) is 3.52. The first-order chi connectivity index (χ1) is 13.3. The van der Waals surface area contributed by atoms with Crippen molar-refractivity contribution in [1.82, 2.24) is 9.97 Å². The molecule has 0 atom stereocenters. The number of amides is 1. The molecule has 0 aliphatic carbocycles. The molecule has 136 valence electrons. The third-order valence-electron chi connectivity index (χ3n) is 4.86. The summed E-state index contributed by atoms with van der Waals surface area (Å²) in [5, 5.41) is 0. The zero-order chi connectivity index (χ0) is 18.5. The summed E-state index contributed by atoms with van der Waals surface area (Å²) in [6.45, 7) is 2.52. The van der Waals surface area contributed by atoms with Gasteiger partial charge in [0.05, 0.1) is 17.6 Å². The number of carbonyl (C=O) groups is 1. The lowest BCUT2D eigenvalue weighted by atomic mass is 10.1. The number of carbonyl (C=O) groups excluding carboxylic acids is 1. The highest BCUT2D eigenvalue weighted by Gasteiger charge is 2.26. The average molecular weight is 358 g/mol. The summed E-state index contributed by atoms with van der Waals surface area (Å²) in [6, 6.07) is 18.6. The number of nitrogens with zero attached hydrogens (tertiary/aromatic N) is 4. The van der Waals surface area contributed by atoms with E-state index < -0.39 is 0 Å². The van der Waals surface area contributed by atoms with Crippen molar-refractivity contribution in [1.29, 1.82) is 0 Å². The van der Waals surface area contributed by atoms with E-state index in [1.807, 2.05) is 29.2 Å². The fourth-order valence-corrected chi connectivity index (χ4v) is 3.52. The fraction of sp³-hybridized carbons (Fsp3) is 0.227. The van der Waals surface area contributed by atoms with Crippen LogP contribution in [-0.2, 0) is 6.42 Å². The smallest absolute Gasteiger partial charge is 0.278 e. The van der Waals surface area contributed by atoms with E-state index in [4.69, 9.17) is 0 Å². The zero-order valence-corrected chi connectivity index (χ0v) is 15.2. The second-order valence-electron chi connectivity index (χ2n) is 6.61. The lowest BCUT2D eigenvalue weighted by molar-refractivity contribution is 0.0982. The molecule has 0 bridgehead atoms. The topological polar surface area (TPSA) is 49.3 Å². The van der Waals surface area contributed by atoms with E-state index >= 15 is 0 Å². The van der Waals surface area contributed by atoms with Crippen molar-refractivity contribution in [3.63, 3.8) is 0 Å². The Morgan fingerprint density at radius 3 is 2.48 bits per heavy atom. The summed E-state index contributed by atoms with van der Waals surface area (Å²) in [5.41, 5.74) is 3.75. The Kier molecular flexibility index (Phi) is 5.10. The maximum absolute atomic E-state index is 13.0. The Bertz CT molecular complexity index is 898. The molecule has 0 unspecified atom stereocenters. The molecule has 27 heavy (non-hydrogen) atoms. The van der Waals surface area contributed by atoms with Crippen molar-refractivity contribution in [2.45, 2.75) is 12.8 Å². The number of hydrogen-bond acceptors (Lipinski definition) is 4. The van der Waals surface area contributed by atoms with Gasteiger partial charge in [-0.3, -0.25) is 9.78 Å². The standard InChI is InChI=1S/C22H22N4O/c27-22(19-17-23-12-13-24-19)26-15-6-14-25(20-9-4-5-10-21(20)26)16-11-18-7-2-1-3-8-18/h1-5,7-10,12-13,17H,6,11,14-16H2. The first-order valence-corrected chi connectivity index (χ1v) is 9.29. The second kappa shape index (κ2) is 7.99. The number of rotatable bonds is 4. The number of fused-ring (bicyclic) bond motifs is 1. The molecule has 1 aromatic heterocycles. The van der Waals surface area contributed by atoms with Gasteiger partial charge in [0.25, 0.3) is 5.91 Å². The van der Waals surface area contributed by atoms with Gasteiger partial charge in [-0.15, -0.1) is 0 Å². The van der Waals surface area contributed by atoms with Gasteiger partial charge in [-0.05, 0) is 30.5 Å². The molecule has 5 heteroatoms. The van der Waals surface area contributed by atoms with Crippen LogP contribution in [0.1, 0.15) is 22.5 Å². The Hall–Kier alpha value is -3.21. The van der Waals surface area contributed by atoms with Crippen molar-refractivity contribution in [3.8, 4) is 0 Å². The molecule has 1 aliphatic heterocycles. The molecule has 0 saturated carbocycles. The molecule has 1 amide bonds. The molecule has 1 aliphatic rings. The molecule has 0 spiro atoms. The van der Waals surface area contributed by atoms with E-state index in [1.54, 1.807) is 12.4 Å². The van der Waals surface area contributed by atoms with Crippen molar-refractivity contribution in [2.75, 3.05) is 29.4 Å². The van der Waals surface area contributed by atoms with Gasteiger partial charge in [-0.25, -0.2) is 4.98 Å². The van der Waals surface area contributed by atoms with Gasteiger partial charge in [0.2, 0.25) is 0 Å². The lowest BCUT2D eigenvalue weighted by Gasteiger charge is -2.26. The predicted molar refractivity (Wildman–Crippen MR) is 107 cm³/mol. The van der Waals surface area contributed by atoms with Gasteiger partial charge in [-0.1, -0.05) is 42.5 Å². The monoisotopic (exact) mass is 358 g/mol. The highest BCUT2D eigenvalue weighted by atomic mass is 16.2. The maximum Gasteiger partial charge on any atom is 0.278 e. The Labute approximate surface area is 159 Å². The molecule has 5 nitrogen and oxygen atoms in total. The van der Waals surface area contributed by atoms with Crippen molar-refractivity contribution in [3.05, 3.63) is 84.4 Å². The molecule has 0 saturated heterocycles. The molecule has 2 aromatic carbocycles. The largest absolute Gasteiger partial charge is 0.369 e. The molecule has 4 rings (SSSR count). The van der Waals surface area contributed by atoms with E-state index in [2.05, 4.69) is 45.2 Å². The number of aromatic nitrogens is 2. The van der Waals surface area contributed by atoms with Crippen LogP contribution in [0.2, 0.25) is 0 Å². The highest BCUT2D eigenvalue weighted by molar-refractivity contribution is 6.06. The van der Waals surface area contributed by atoms with Crippen LogP contribution in [0.3, 0.4) is 0 Å². The van der Waals surface area contributed by atoms with Crippen LogP contribution in [0, 0.1) is 0 Å². The average Bonchev–Trinajstić information content (AvgIpc) is 2.93. The molecular weight excluding hydrogens is 336 g/mol. The summed E-state index contributed by atoms with van der Waals surface area (Å²) in [6.07, 6.45) is 6.56. The number of hydrogen-bond donors (Lipinski definition) is 0. The second-order valence-corrected chi connectivity index (χ2v) is 6.61. The number of para-hydroxylation sites is 2. The first kappa shape index (κ1) is 17.2. The minimum atomic E-state index is -0.0968. The van der Waals surface area contributed by atoms with Gasteiger partial charge in [0.15, 0.2) is 0 Å². The summed E-state index contributed by atoms with van der Waals surface area (Å²) in [4.78, 5) is 25.4. The van der Waals surface area contributed by atoms with E-state index in [9.17, 15) is 4.79 Å². The van der Waals surface area contributed by atoms with Crippen molar-refractivity contribution < 1.29 is 4.79 Å². The van der Waals surface area contributed by atoms with Crippen LogP contribution in [0.15, 0.2) is 73.2 Å². The zero-order valence-electron chi connectivity index (χ0n) is 15.2. The highest BCUT2D eigenvalue weighted by Crippen LogP contribution is 2.33. The Morgan fingerprint density at radius 2 is 1.70 bits per heavy atom. The minimum absolute atomic E-state index is 0.0968. The van der Waals surface area contributed by atoms with Gasteiger partial charge in [0.1, 0.15) is 5.69 Å².